The van der Waals surface area contributed by atoms with E-state index >= 15 is 0 Å². The fourth-order valence-electron chi connectivity index (χ4n) is 4.19. The lowest BCUT2D eigenvalue weighted by Crippen LogP contribution is -2.02. The first-order valence-corrected chi connectivity index (χ1v) is 10.5. The lowest BCUT2D eigenvalue weighted by molar-refractivity contribution is 0.0987. The number of carbonyl (C=O) groups excluding carboxylic acids is 1. The standard InChI is InChI=1S/C26H33NO/c1-7-21-11-12-22(17(3)13-20-9-10-20)15-23(21)14-18(4)26-19(5)24(16-27(26)6)25(28)8-2/h11-12,15-16,20H,3-4,7-10,13-14H2,1-2,5-6H3. The second-order valence-electron chi connectivity index (χ2n) is 8.27. The van der Waals surface area contributed by atoms with E-state index in [0.29, 0.717) is 6.42 Å². The molecule has 1 aliphatic rings. The maximum atomic E-state index is 12.2. The van der Waals surface area contributed by atoms with Crippen molar-refractivity contribution in [1.29, 1.82) is 0 Å². The van der Waals surface area contributed by atoms with Crippen molar-refractivity contribution in [2.45, 2.75) is 59.3 Å². The molecule has 2 aromatic rings. The van der Waals surface area contributed by atoms with E-state index in [9.17, 15) is 4.79 Å². The number of Topliss-reactive ketones (excluding diaryl/α,β-unsaturated/α-hetero) is 1. The fraction of sp³-hybridized carbons (Fsp3) is 0.423. The Bertz CT molecular complexity index is 924. The summed E-state index contributed by atoms with van der Waals surface area (Å²) in [5.41, 5.74) is 9.22. The van der Waals surface area contributed by atoms with Crippen molar-refractivity contribution in [1.82, 2.24) is 4.57 Å². The van der Waals surface area contributed by atoms with Crippen LogP contribution in [0.3, 0.4) is 0 Å². The third-order valence-corrected chi connectivity index (χ3v) is 6.02. The van der Waals surface area contributed by atoms with Gasteiger partial charge in [-0.1, -0.05) is 45.2 Å². The summed E-state index contributed by atoms with van der Waals surface area (Å²) in [6.07, 6.45) is 8.10. The highest BCUT2D eigenvalue weighted by atomic mass is 16.1. The van der Waals surface area contributed by atoms with Gasteiger partial charge < -0.3 is 4.57 Å². The summed E-state index contributed by atoms with van der Waals surface area (Å²) in [7, 11) is 2.01. The molecule has 148 valence electrons. The van der Waals surface area contributed by atoms with Gasteiger partial charge in [-0.25, -0.2) is 0 Å². The van der Waals surface area contributed by atoms with Crippen molar-refractivity contribution in [2.24, 2.45) is 13.0 Å². The Morgan fingerprint density at radius 2 is 1.86 bits per heavy atom. The number of benzene rings is 1. The molecule has 2 nitrogen and oxygen atoms in total. The molecule has 0 amide bonds. The van der Waals surface area contributed by atoms with Gasteiger partial charge in [-0.05, 0) is 78.3 Å². The first kappa shape index (κ1) is 20.4. The van der Waals surface area contributed by atoms with Gasteiger partial charge in [0.2, 0.25) is 0 Å². The van der Waals surface area contributed by atoms with Crippen molar-refractivity contribution in [3.05, 3.63) is 71.1 Å². The van der Waals surface area contributed by atoms with Crippen LogP contribution in [0, 0.1) is 12.8 Å². The summed E-state index contributed by atoms with van der Waals surface area (Å²) in [6, 6.07) is 6.78. The van der Waals surface area contributed by atoms with Crippen LogP contribution < -0.4 is 0 Å². The Morgan fingerprint density at radius 3 is 2.46 bits per heavy atom. The zero-order chi connectivity index (χ0) is 20.4. The second-order valence-corrected chi connectivity index (χ2v) is 8.27. The zero-order valence-electron chi connectivity index (χ0n) is 17.9. The predicted octanol–water partition coefficient (Wildman–Crippen LogP) is 6.56. The largest absolute Gasteiger partial charge is 0.350 e. The van der Waals surface area contributed by atoms with Crippen molar-refractivity contribution < 1.29 is 4.79 Å². The smallest absolute Gasteiger partial charge is 0.164 e. The highest BCUT2D eigenvalue weighted by Crippen LogP contribution is 2.38. The number of nitrogens with zero attached hydrogens (tertiary/aromatic N) is 1. The van der Waals surface area contributed by atoms with Crippen LogP contribution in [0.15, 0.2) is 37.6 Å². The number of rotatable bonds is 9. The van der Waals surface area contributed by atoms with Crippen LogP contribution in [0.5, 0.6) is 0 Å². The van der Waals surface area contributed by atoms with E-state index < -0.39 is 0 Å². The van der Waals surface area contributed by atoms with E-state index in [1.807, 2.05) is 27.1 Å². The highest BCUT2D eigenvalue weighted by molar-refractivity contribution is 5.98. The predicted molar refractivity (Wildman–Crippen MR) is 120 cm³/mol. The maximum Gasteiger partial charge on any atom is 0.164 e. The average molecular weight is 376 g/mol. The molecular weight excluding hydrogens is 342 g/mol. The van der Waals surface area contributed by atoms with E-state index in [2.05, 4.69) is 42.8 Å². The summed E-state index contributed by atoms with van der Waals surface area (Å²) in [4.78, 5) is 12.2. The second kappa shape index (κ2) is 8.34. The van der Waals surface area contributed by atoms with Crippen molar-refractivity contribution in [2.75, 3.05) is 0 Å². The van der Waals surface area contributed by atoms with E-state index in [-0.39, 0.29) is 5.78 Å². The van der Waals surface area contributed by atoms with Gasteiger partial charge in [0.25, 0.3) is 0 Å². The Balaban J connectivity index is 1.88. The van der Waals surface area contributed by atoms with Crippen LogP contribution >= 0.6 is 0 Å². The molecule has 0 spiro atoms. The lowest BCUT2D eigenvalue weighted by atomic mass is 9.91. The normalized spacial score (nSPS) is 13.6. The molecule has 28 heavy (non-hydrogen) atoms. The molecule has 1 aliphatic carbocycles. The summed E-state index contributed by atoms with van der Waals surface area (Å²) in [5, 5.41) is 0. The summed E-state index contributed by atoms with van der Waals surface area (Å²) in [5.74, 6) is 1.04. The van der Waals surface area contributed by atoms with Crippen molar-refractivity contribution in [3.8, 4) is 0 Å². The third-order valence-electron chi connectivity index (χ3n) is 6.02. The number of aromatic nitrogens is 1. The molecule has 0 radical (unpaired) electrons. The van der Waals surface area contributed by atoms with Crippen LogP contribution in [-0.4, -0.2) is 10.4 Å². The first-order valence-electron chi connectivity index (χ1n) is 10.5. The fourth-order valence-corrected chi connectivity index (χ4v) is 4.19. The van der Waals surface area contributed by atoms with Gasteiger partial charge in [0.1, 0.15) is 0 Å². The summed E-state index contributed by atoms with van der Waals surface area (Å²) >= 11 is 0. The Morgan fingerprint density at radius 1 is 1.14 bits per heavy atom. The minimum Gasteiger partial charge on any atom is -0.350 e. The molecule has 1 saturated carbocycles. The van der Waals surface area contributed by atoms with Crippen molar-refractivity contribution >= 4 is 16.9 Å². The third kappa shape index (κ3) is 4.22. The number of hydrogen-bond acceptors (Lipinski definition) is 1. The molecule has 3 rings (SSSR count). The van der Waals surface area contributed by atoms with Crippen LogP contribution in [0.2, 0.25) is 0 Å². The molecule has 1 heterocycles. The summed E-state index contributed by atoms with van der Waals surface area (Å²) < 4.78 is 2.06. The molecule has 0 atom stereocenters. The van der Waals surface area contributed by atoms with E-state index in [0.717, 1.165) is 47.6 Å². The number of hydrogen-bond donors (Lipinski definition) is 0. The van der Waals surface area contributed by atoms with Crippen LogP contribution in [-0.2, 0) is 19.9 Å². The van der Waals surface area contributed by atoms with Crippen LogP contribution in [0.1, 0.15) is 77.8 Å². The van der Waals surface area contributed by atoms with E-state index in [1.54, 1.807) is 0 Å². The maximum absolute atomic E-state index is 12.2. The Hall–Kier alpha value is -2.35. The average Bonchev–Trinajstić information content (AvgIpc) is 3.43. The molecule has 1 fully saturated rings. The molecule has 1 aromatic heterocycles. The molecular formula is C26H33NO. The minimum absolute atomic E-state index is 0.194. The number of aryl methyl sites for hydroxylation is 2. The summed E-state index contributed by atoms with van der Waals surface area (Å²) in [6.45, 7) is 14.9. The van der Waals surface area contributed by atoms with Gasteiger partial charge in [0.15, 0.2) is 5.78 Å². The molecule has 0 N–H and O–H groups in total. The molecule has 0 saturated heterocycles. The first-order chi connectivity index (χ1) is 13.3. The SMILES string of the molecule is C=C(CC1CC1)c1ccc(CC)c(CC(=C)c2c(C)c(C(=O)CC)cn2C)c1. The molecule has 0 unspecified atom stereocenters. The van der Waals surface area contributed by atoms with Crippen molar-refractivity contribution in [3.63, 3.8) is 0 Å². The number of allylic oxidation sites excluding steroid dienone is 2. The van der Waals surface area contributed by atoms with Gasteiger partial charge in [-0.15, -0.1) is 0 Å². The van der Waals surface area contributed by atoms with Crippen LogP contribution in [0.4, 0.5) is 0 Å². The highest BCUT2D eigenvalue weighted by Gasteiger charge is 2.23. The Kier molecular flexibility index (Phi) is 6.07. The molecule has 0 bridgehead atoms. The van der Waals surface area contributed by atoms with Crippen LogP contribution in [0.25, 0.3) is 11.1 Å². The van der Waals surface area contributed by atoms with E-state index in [1.165, 1.54) is 35.1 Å². The van der Waals surface area contributed by atoms with Gasteiger partial charge in [0, 0.05) is 30.9 Å². The van der Waals surface area contributed by atoms with Gasteiger partial charge in [0.05, 0.1) is 0 Å². The molecule has 2 heteroatoms. The van der Waals surface area contributed by atoms with Gasteiger partial charge >= 0.3 is 0 Å². The van der Waals surface area contributed by atoms with Gasteiger partial charge in [-0.2, -0.15) is 0 Å². The quantitative estimate of drug-likeness (QED) is 0.455. The molecule has 0 aliphatic heterocycles. The minimum atomic E-state index is 0.194. The van der Waals surface area contributed by atoms with Gasteiger partial charge in [-0.3, -0.25) is 4.79 Å². The Labute approximate surface area is 170 Å². The monoisotopic (exact) mass is 375 g/mol. The van der Waals surface area contributed by atoms with E-state index in [4.69, 9.17) is 0 Å². The number of carbonyl (C=O) groups is 1. The number of ketones is 1. The topological polar surface area (TPSA) is 22.0 Å². The zero-order valence-corrected chi connectivity index (χ0v) is 17.9. The molecule has 1 aromatic carbocycles. The lowest BCUT2D eigenvalue weighted by Gasteiger charge is -2.15.